The average Bonchev–Trinajstić information content (AvgIpc) is 2.15. The van der Waals surface area contributed by atoms with Gasteiger partial charge < -0.3 is 4.84 Å². The van der Waals surface area contributed by atoms with E-state index in [9.17, 15) is 9.59 Å². The first-order valence-corrected chi connectivity index (χ1v) is 4.56. The lowest BCUT2D eigenvalue weighted by Crippen LogP contribution is -2.30. The molecule has 4 heteroatoms. The van der Waals surface area contributed by atoms with Crippen LogP contribution in [0.2, 0.25) is 0 Å². The Hall–Kier alpha value is -1.84. The molecule has 15 heavy (non-hydrogen) atoms. The summed E-state index contributed by atoms with van der Waals surface area (Å²) in [6.07, 6.45) is 0. The van der Waals surface area contributed by atoms with Gasteiger partial charge in [-0.1, -0.05) is 17.7 Å². The van der Waals surface area contributed by atoms with E-state index in [1.807, 2.05) is 19.1 Å². The van der Waals surface area contributed by atoms with E-state index in [-0.39, 0.29) is 5.91 Å². The van der Waals surface area contributed by atoms with E-state index < -0.39 is 5.97 Å². The number of amides is 1. The lowest BCUT2D eigenvalue weighted by molar-refractivity contribution is -0.147. The van der Waals surface area contributed by atoms with Gasteiger partial charge in [-0.15, -0.1) is 5.06 Å². The summed E-state index contributed by atoms with van der Waals surface area (Å²) in [6.45, 7) is 4.53. The van der Waals surface area contributed by atoms with Crippen molar-refractivity contribution in [3.05, 3.63) is 29.8 Å². The maximum atomic E-state index is 11.2. The van der Waals surface area contributed by atoms with Crippen molar-refractivity contribution in [2.75, 3.05) is 5.06 Å². The fourth-order valence-electron chi connectivity index (χ4n) is 1.11. The first-order chi connectivity index (χ1) is 7.00. The summed E-state index contributed by atoms with van der Waals surface area (Å²) in [5.41, 5.74) is 1.62. The standard InChI is InChI=1S/C11H13NO3/c1-8-4-6-11(7-5-8)12(9(2)13)15-10(3)14/h4-7H,1-3H3. The summed E-state index contributed by atoms with van der Waals surface area (Å²) >= 11 is 0. The average molecular weight is 207 g/mol. The number of nitrogens with zero attached hydrogens (tertiary/aromatic N) is 1. The smallest absolute Gasteiger partial charge is 0.330 e. The van der Waals surface area contributed by atoms with Crippen molar-refractivity contribution in [3.8, 4) is 0 Å². The maximum absolute atomic E-state index is 11.2. The minimum atomic E-state index is -0.522. The molecule has 80 valence electrons. The normalized spacial score (nSPS) is 9.53. The van der Waals surface area contributed by atoms with Crippen LogP contribution in [0.3, 0.4) is 0 Å². The first kappa shape index (κ1) is 11.2. The van der Waals surface area contributed by atoms with Gasteiger partial charge in [-0.05, 0) is 19.1 Å². The fourth-order valence-corrected chi connectivity index (χ4v) is 1.11. The van der Waals surface area contributed by atoms with Gasteiger partial charge in [0.25, 0.3) is 5.91 Å². The molecule has 0 aliphatic heterocycles. The molecule has 0 aliphatic carbocycles. The molecule has 0 saturated carbocycles. The summed E-state index contributed by atoms with van der Waals surface area (Å²) in [4.78, 5) is 26.8. The van der Waals surface area contributed by atoms with Crippen LogP contribution in [0.5, 0.6) is 0 Å². The molecular weight excluding hydrogens is 194 g/mol. The van der Waals surface area contributed by atoms with Crippen LogP contribution in [0, 0.1) is 6.92 Å². The van der Waals surface area contributed by atoms with Gasteiger partial charge in [0.15, 0.2) is 0 Å². The predicted molar refractivity (Wildman–Crippen MR) is 56.1 cm³/mol. The molecule has 0 unspecified atom stereocenters. The van der Waals surface area contributed by atoms with Gasteiger partial charge in [0.2, 0.25) is 0 Å². The van der Waals surface area contributed by atoms with E-state index in [1.165, 1.54) is 13.8 Å². The van der Waals surface area contributed by atoms with E-state index in [0.717, 1.165) is 10.6 Å². The van der Waals surface area contributed by atoms with E-state index in [4.69, 9.17) is 4.84 Å². The first-order valence-electron chi connectivity index (χ1n) is 4.56. The van der Waals surface area contributed by atoms with Crippen LogP contribution in [-0.2, 0) is 14.4 Å². The number of anilines is 1. The lowest BCUT2D eigenvalue weighted by Gasteiger charge is -2.18. The van der Waals surface area contributed by atoms with Crippen LogP contribution in [-0.4, -0.2) is 11.9 Å². The Morgan fingerprint density at radius 1 is 1.13 bits per heavy atom. The number of hydrogen-bond acceptors (Lipinski definition) is 3. The highest BCUT2D eigenvalue weighted by Crippen LogP contribution is 2.15. The maximum Gasteiger partial charge on any atom is 0.330 e. The van der Waals surface area contributed by atoms with Crippen LogP contribution < -0.4 is 5.06 Å². The molecule has 0 aliphatic rings. The van der Waals surface area contributed by atoms with Crippen molar-refractivity contribution in [2.45, 2.75) is 20.8 Å². The number of benzene rings is 1. The highest BCUT2D eigenvalue weighted by atomic mass is 16.7. The molecular formula is C11H13NO3. The minimum absolute atomic E-state index is 0.339. The summed E-state index contributed by atoms with van der Waals surface area (Å²) in [5, 5.41) is 0.974. The number of rotatable bonds is 1. The van der Waals surface area contributed by atoms with Crippen LogP contribution in [0.4, 0.5) is 5.69 Å². The minimum Gasteiger partial charge on any atom is -0.334 e. The van der Waals surface area contributed by atoms with Crippen molar-refractivity contribution in [3.63, 3.8) is 0 Å². The topological polar surface area (TPSA) is 46.6 Å². The molecule has 0 radical (unpaired) electrons. The fraction of sp³-hybridized carbons (Fsp3) is 0.273. The molecule has 0 fully saturated rings. The van der Waals surface area contributed by atoms with Crippen molar-refractivity contribution < 1.29 is 14.4 Å². The number of hydroxylamine groups is 1. The lowest BCUT2D eigenvalue weighted by atomic mass is 10.2. The number of hydrogen-bond donors (Lipinski definition) is 0. The second-order valence-electron chi connectivity index (χ2n) is 3.23. The third kappa shape index (κ3) is 3.09. The van der Waals surface area contributed by atoms with Crippen molar-refractivity contribution in [2.24, 2.45) is 0 Å². The Labute approximate surface area is 88.4 Å². The SMILES string of the molecule is CC(=O)ON(C(C)=O)c1ccc(C)cc1. The Bertz CT molecular complexity index is 370. The number of aryl methyl sites for hydroxylation is 1. The van der Waals surface area contributed by atoms with Crippen LogP contribution in [0.25, 0.3) is 0 Å². The Balaban J connectivity index is 2.94. The Morgan fingerprint density at radius 2 is 1.67 bits per heavy atom. The van der Waals surface area contributed by atoms with Gasteiger partial charge in [-0.2, -0.15) is 0 Å². The van der Waals surface area contributed by atoms with Crippen molar-refractivity contribution in [1.29, 1.82) is 0 Å². The van der Waals surface area contributed by atoms with E-state index in [1.54, 1.807) is 12.1 Å². The molecule has 1 aromatic carbocycles. The van der Waals surface area contributed by atoms with Gasteiger partial charge in [-0.3, -0.25) is 4.79 Å². The summed E-state index contributed by atoms with van der Waals surface area (Å²) in [5.74, 6) is -0.861. The zero-order valence-corrected chi connectivity index (χ0v) is 8.98. The van der Waals surface area contributed by atoms with Crippen molar-refractivity contribution >= 4 is 17.6 Å². The molecule has 0 spiro atoms. The highest BCUT2D eigenvalue weighted by molar-refractivity contribution is 5.91. The second-order valence-corrected chi connectivity index (χ2v) is 3.23. The van der Waals surface area contributed by atoms with Gasteiger partial charge in [-0.25, -0.2) is 4.79 Å². The molecule has 1 rings (SSSR count). The van der Waals surface area contributed by atoms with Crippen molar-refractivity contribution in [1.82, 2.24) is 0 Å². The Kier molecular flexibility index (Phi) is 3.44. The summed E-state index contributed by atoms with van der Waals surface area (Å²) < 4.78 is 0. The molecule has 1 amide bonds. The van der Waals surface area contributed by atoms with Gasteiger partial charge in [0, 0.05) is 13.8 Å². The summed E-state index contributed by atoms with van der Waals surface area (Å²) in [6, 6.07) is 7.13. The monoisotopic (exact) mass is 207 g/mol. The van der Waals surface area contributed by atoms with E-state index >= 15 is 0 Å². The van der Waals surface area contributed by atoms with E-state index in [0.29, 0.717) is 5.69 Å². The molecule has 4 nitrogen and oxygen atoms in total. The number of carbonyl (C=O) groups excluding carboxylic acids is 2. The van der Waals surface area contributed by atoms with Gasteiger partial charge in [0.1, 0.15) is 0 Å². The largest absolute Gasteiger partial charge is 0.334 e. The Morgan fingerprint density at radius 3 is 2.07 bits per heavy atom. The third-order valence-electron chi connectivity index (χ3n) is 1.77. The predicted octanol–water partition coefficient (Wildman–Crippen LogP) is 1.83. The highest BCUT2D eigenvalue weighted by Gasteiger charge is 2.14. The molecule has 0 aromatic heterocycles. The summed E-state index contributed by atoms with van der Waals surface area (Å²) in [7, 11) is 0. The molecule has 0 bridgehead atoms. The zero-order chi connectivity index (χ0) is 11.4. The molecule has 0 N–H and O–H groups in total. The van der Waals surface area contributed by atoms with Crippen LogP contribution >= 0.6 is 0 Å². The quantitative estimate of drug-likeness (QED) is 0.660. The molecule has 0 saturated heterocycles. The van der Waals surface area contributed by atoms with Gasteiger partial charge >= 0.3 is 5.97 Å². The zero-order valence-electron chi connectivity index (χ0n) is 8.98. The number of carbonyl (C=O) groups is 2. The third-order valence-corrected chi connectivity index (χ3v) is 1.77. The molecule has 0 atom stereocenters. The van der Waals surface area contributed by atoms with Gasteiger partial charge in [0.05, 0.1) is 5.69 Å². The molecule has 1 aromatic rings. The van der Waals surface area contributed by atoms with Crippen LogP contribution in [0.1, 0.15) is 19.4 Å². The van der Waals surface area contributed by atoms with E-state index in [2.05, 4.69) is 0 Å². The second kappa shape index (κ2) is 4.59. The molecule has 0 heterocycles. The van der Waals surface area contributed by atoms with Crippen LogP contribution in [0.15, 0.2) is 24.3 Å².